The van der Waals surface area contributed by atoms with Crippen LogP contribution in [0.25, 0.3) is 5.69 Å². The topological polar surface area (TPSA) is 69.5 Å². The monoisotopic (exact) mass is 352 g/mol. The highest BCUT2D eigenvalue weighted by Gasteiger charge is 2.22. The van der Waals surface area contributed by atoms with Crippen molar-refractivity contribution in [3.05, 3.63) is 40.7 Å². The van der Waals surface area contributed by atoms with Gasteiger partial charge in [0, 0.05) is 32.3 Å². The van der Waals surface area contributed by atoms with E-state index in [0.717, 1.165) is 0 Å². The molecule has 24 heavy (non-hydrogen) atoms. The number of hydrogen-bond acceptors (Lipinski definition) is 5. The molecular formula is C16H21ClN4O3. The molecule has 0 aliphatic heterocycles. The van der Waals surface area contributed by atoms with Crippen molar-refractivity contribution in [3.8, 4) is 5.69 Å². The summed E-state index contributed by atoms with van der Waals surface area (Å²) in [4.78, 5) is 15.8. The van der Waals surface area contributed by atoms with Gasteiger partial charge in [-0.3, -0.25) is 4.79 Å². The number of hydrogen-bond donors (Lipinski definition) is 0. The van der Waals surface area contributed by atoms with Crippen LogP contribution in [0, 0.1) is 6.92 Å². The van der Waals surface area contributed by atoms with E-state index in [9.17, 15) is 4.79 Å². The number of nitrogens with zero attached hydrogens (tertiary/aromatic N) is 4. The Balaban J connectivity index is 2.24. The zero-order chi connectivity index (χ0) is 17.5. The molecule has 1 aromatic heterocycles. The van der Waals surface area contributed by atoms with E-state index in [1.54, 1.807) is 44.2 Å². The third-order valence-electron chi connectivity index (χ3n) is 3.44. The SMILES string of the molecule is COCCN(CCOC)C(=O)c1nn(-c2cccc(Cl)c2)nc1C. The Bertz CT molecular complexity index is 682. The van der Waals surface area contributed by atoms with Gasteiger partial charge in [-0.15, -0.1) is 5.10 Å². The van der Waals surface area contributed by atoms with E-state index in [1.165, 1.54) is 4.80 Å². The van der Waals surface area contributed by atoms with E-state index in [1.807, 2.05) is 6.07 Å². The molecule has 130 valence electrons. The summed E-state index contributed by atoms with van der Waals surface area (Å²) in [5.74, 6) is -0.199. The van der Waals surface area contributed by atoms with Gasteiger partial charge in [-0.2, -0.15) is 9.90 Å². The minimum atomic E-state index is -0.199. The smallest absolute Gasteiger partial charge is 0.276 e. The van der Waals surface area contributed by atoms with Gasteiger partial charge in [0.1, 0.15) is 0 Å². The highest BCUT2D eigenvalue weighted by molar-refractivity contribution is 6.30. The Kier molecular flexibility index (Phi) is 6.72. The fourth-order valence-electron chi connectivity index (χ4n) is 2.16. The summed E-state index contributed by atoms with van der Waals surface area (Å²) >= 11 is 6.00. The first-order chi connectivity index (χ1) is 11.6. The lowest BCUT2D eigenvalue weighted by atomic mass is 10.3. The van der Waals surface area contributed by atoms with Crippen LogP contribution in [0.15, 0.2) is 24.3 Å². The van der Waals surface area contributed by atoms with Gasteiger partial charge in [0.15, 0.2) is 5.69 Å². The molecule has 0 atom stereocenters. The number of ether oxygens (including phenoxy) is 2. The molecule has 0 N–H and O–H groups in total. The standard InChI is InChI=1S/C16H21ClN4O3/c1-12-15(16(22)20(7-9-23-2)8-10-24-3)19-21(18-12)14-6-4-5-13(17)11-14/h4-6,11H,7-10H2,1-3H3. The summed E-state index contributed by atoms with van der Waals surface area (Å²) in [5.41, 5.74) is 1.56. The number of rotatable bonds is 8. The van der Waals surface area contributed by atoms with Crippen LogP contribution >= 0.6 is 11.6 Å². The van der Waals surface area contributed by atoms with Crippen LogP contribution in [-0.2, 0) is 9.47 Å². The van der Waals surface area contributed by atoms with Crippen molar-refractivity contribution in [2.75, 3.05) is 40.5 Å². The lowest BCUT2D eigenvalue weighted by molar-refractivity contribution is 0.0620. The normalized spacial score (nSPS) is 10.8. The van der Waals surface area contributed by atoms with Gasteiger partial charge in [0.05, 0.1) is 24.6 Å². The van der Waals surface area contributed by atoms with Gasteiger partial charge in [0.25, 0.3) is 5.91 Å². The average Bonchev–Trinajstić information content (AvgIpc) is 2.96. The zero-order valence-electron chi connectivity index (χ0n) is 14.0. The molecule has 2 rings (SSSR count). The summed E-state index contributed by atoms with van der Waals surface area (Å²) in [5, 5.41) is 9.24. The first-order valence-corrected chi connectivity index (χ1v) is 7.91. The van der Waals surface area contributed by atoms with Crippen LogP contribution in [0.5, 0.6) is 0 Å². The second-order valence-corrected chi connectivity index (χ2v) is 5.62. The van der Waals surface area contributed by atoms with Crippen molar-refractivity contribution in [2.24, 2.45) is 0 Å². The van der Waals surface area contributed by atoms with E-state index in [0.29, 0.717) is 48.4 Å². The van der Waals surface area contributed by atoms with Crippen molar-refractivity contribution in [3.63, 3.8) is 0 Å². The van der Waals surface area contributed by atoms with Gasteiger partial charge < -0.3 is 14.4 Å². The summed E-state index contributed by atoms with van der Waals surface area (Å²) in [7, 11) is 3.19. The van der Waals surface area contributed by atoms with Crippen LogP contribution in [0.3, 0.4) is 0 Å². The quantitative estimate of drug-likeness (QED) is 0.726. The summed E-state index contributed by atoms with van der Waals surface area (Å²) in [6, 6.07) is 7.14. The Morgan fingerprint density at radius 2 is 1.88 bits per heavy atom. The van der Waals surface area contributed by atoms with Crippen LogP contribution in [0.2, 0.25) is 5.02 Å². The van der Waals surface area contributed by atoms with Crippen molar-refractivity contribution in [1.82, 2.24) is 19.9 Å². The van der Waals surface area contributed by atoms with E-state index >= 15 is 0 Å². The fourth-order valence-corrected chi connectivity index (χ4v) is 2.34. The predicted octanol–water partition coefficient (Wildman–Crippen LogP) is 1.96. The first kappa shape index (κ1) is 18.4. The summed E-state index contributed by atoms with van der Waals surface area (Å²) < 4.78 is 10.1. The van der Waals surface area contributed by atoms with Gasteiger partial charge in [-0.1, -0.05) is 17.7 Å². The number of methoxy groups -OCH3 is 2. The van der Waals surface area contributed by atoms with E-state index in [2.05, 4.69) is 10.2 Å². The number of amides is 1. The second kappa shape index (κ2) is 8.77. The molecule has 0 spiro atoms. The molecule has 0 bridgehead atoms. The summed E-state index contributed by atoms with van der Waals surface area (Å²) in [6.45, 7) is 3.56. The Hall–Kier alpha value is -1.96. The molecule has 1 aromatic carbocycles. The van der Waals surface area contributed by atoms with Crippen LogP contribution in [0.4, 0.5) is 0 Å². The number of carbonyl (C=O) groups is 1. The Labute approximate surface area is 146 Å². The number of benzene rings is 1. The van der Waals surface area contributed by atoms with Crippen molar-refractivity contribution >= 4 is 17.5 Å². The maximum absolute atomic E-state index is 12.8. The molecule has 0 radical (unpaired) electrons. The molecule has 2 aromatic rings. The molecule has 0 aliphatic carbocycles. The lowest BCUT2D eigenvalue weighted by Gasteiger charge is -2.21. The Morgan fingerprint density at radius 3 is 2.46 bits per heavy atom. The maximum Gasteiger partial charge on any atom is 0.276 e. The lowest BCUT2D eigenvalue weighted by Crippen LogP contribution is -2.37. The molecule has 7 nitrogen and oxygen atoms in total. The molecular weight excluding hydrogens is 332 g/mol. The minimum absolute atomic E-state index is 0.199. The van der Waals surface area contributed by atoms with Crippen LogP contribution in [-0.4, -0.2) is 66.3 Å². The zero-order valence-corrected chi connectivity index (χ0v) is 14.8. The van der Waals surface area contributed by atoms with Crippen LogP contribution < -0.4 is 0 Å². The third-order valence-corrected chi connectivity index (χ3v) is 3.68. The number of aryl methyl sites for hydroxylation is 1. The minimum Gasteiger partial charge on any atom is -0.383 e. The molecule has 0 saturated carbocycles. The van der Waals surface area contributed by atoms with Gasteiger partial charge in [-0.25, -0.2) is 0 Å². The average molecular weight is 353 g/mol. The first-order valence-electron chi connectivity index (χ1n) is 7.54. The van der Waals surface area contributed by atoms with E-state index in [-0.39, 0.29) is 5.91 Å². The predicted molar refractivity (Wildman–Crippen MR) is 90.8 cm³/mol. The maximum atomic E-state index is 12.8. The highest BCUT2D eigenvalue weighted by atomic mass is 35.5. The molecule has 0 unspecified atom stereocenters. The van der Waals surface area contributed by atoms with Crippen molar-refractivity contribution in [1.29, 1.82) is 0 Å². The molecule has 1 heterocycles. The van der Waals surface area contributed by atoms with Gasteiger partial charge in [-0.05, 0) is 25.1 Å². The number of aromatic nitrogens is 3. The van der Waals surface area contributed by atoms with E-state index in [4.69, 9.17) is 21.1 Å². The number of halogens is 1. The van der Waals surface area contributed by atoms with Crippen molar-refractivity contribution in [2.45, 2.75) is 6.92 Å². The molecule has 8 heteroatoms. The number of carbonyl (C=O) groups excluding carboxylic acids is 1. The van der Waals surface area contributed by atoms with Gasteiger partial charge >= 0.3 is 0 Å². The van der Waals surface area contributed by atoms with Gasteiger partial charge in [0.2, 0.25) is 0 Å². The molecule has 0 saturated heterocycles. The van der Waals surface area contributed by atoms with Crippen molar-refractivity contribution < 1.29 is 14.3 Å². The molecule has 0 aliphatic rings. The summed E-state index contributed by atoms with van der Waals surface area (Å²) in [6.07, 6.45) is 0. The third kappa shape index (κ3) is 4.53. The van der Waals surface area contributed by atoms with Crippen LogP contribution in [0.1, 0.15) is 16.2 Å². The Morgan fingerprint density at radius 1 is 1.21 bits per heavy atom. The van der Waals surface area contributed by atoms with E-state index < -0.39 is 0 Å². The molecule has 0 fully saturated rings. The fraction of sp³-hybridized carbons (Fsp3) is 0.438. The highest BCUT2D eigenvalue weighted by Crippen LogP contribution is 2.15. The largest absolute Gasteiger partial charge is 0.383 e. The molecule has 1 amide bonds. The second-order valence-electron chi connectivity index (χ2n) is 5.18.